The molecule has 0 aliphatic rings. The molecule has 4 heteroatoms. The second-order valence-corrected chi connectivity index (χ2v) is 5.04. The lowest BCUT2D eigenvalue weighted by molar-refractivity contribution is -0.114. The van der Waals surface area contributed by atoms with Crippen LogP contribution in [0.1, 0.15) is 38.2 Å². The number of carbonyl (C=O) groups excluding carboxylic acids is 1. The Morgan fingerprint density at radius 2 is 2.19 bits per heavy atom. The number of carbonyl (C=O) groups is 1. The highest BCUT2D eigenvalue weighted by atomic mass is 16.5. The van der Waals surface area contributed by atoms with Crippen molar-refractivity contribution in [1.82, 2.24) is 0 Å². The topological polar surface area (TPSA) is 66.8 Å². The molecule has 4 nitrogen and oxygen atoms in total. The van der Waals surface area contributed by atoms with Gasteiger partial charge in [-0.2, -0.15) is 0 Å². The number of rotatable bonds is 9. The van der Waals surface area contributed by atoms with Crippen LogP contribution in [0.5, 0.6) is 11.5 Å². The van der Waals surface area contributed by atoms with Crippen molar-refractivity contribution in [1.29, 1.82) is 0 Å². The highest BCUT2D eigenvalue weighted by molar-refractivity contribution is 5.89. The standard InChI is InChI=1S/C17H24O4/c1-3-4-5-14(18)9-10-15(19)8-6-13-7-11-16(20)17(12-13)21-2/h7,9-12,14,18,20H,3-6,8H2,1-2H3/t14-/m1/s1. The van der Waals surface area contributed by atoms with E-state index in [9.17, 15) is 15.0 Å². The fourth-order valence-electron chi connectivity index (χ4n) is 1.96. The van der Waals surface area contributed by atoms with Crippen molar-refractivity contribution in [2.45, 2.75) is 45.1 Å². The third kappa shape index (κ3) is 6.45. The number of aryl methyl sites for hydroxylation is 1. The third-order valence-electron chi connectivity index (χ3n) is 3.26. The Balaban J connectivity index is 2.44. The molecule has 1 aromatic carbocycles. The molecule has 0 amide bonds. The van der Waals surface area contributed by atoms with Gasteiger partial charge in [-0.1, -0.05) is 31.9 Å². The third-order valence-corrected chi connectivity index (χ3v) is 3.26. The molecular formula is C17H24O4. The first-order valence-electron chi connectivity index (χ1n) is 7.31. The van der Waals surface area contributed by atoms with Crippen LogP contribution in [0.4, 0.5) is 0 Å². The van der Waals surface area contributed by atoms with E-state index in [-0.39, 0.29) is 11.5 Å². The summed E-state index contributed by atoms with van der Waals surface area (Å²) >= 11 is 0. The van der Waals surface area contributed by atoms with Crippen molar-refractivity contribution in [3.63, 3.8) is 0 Å². The van der Waals surface area contributed by atoms with Crippen LogP contribution in [0.2, 0.25) is 0 Å². The number of aliphatic hydroxyl groups is 1. The van der Waals surface area contributed by atoms with Gasteiger partial charge in [0.1, 0.15) is 0 Å². The van der Waals surface area contributed by atoms with Crippen molar-refractivity contribution in [3.8, 4) is 11.5 Å². The summed E-state index contributed by atoms with van der Waals surface area (Å²) in [5.74, 6) is 0.481. The zero-order valence-corrected chi connectivity index (χ0v) is 12.7. The van der Waals surface area contributed by atoms with Crippen molar-refractivity contribution in [2.24, 2.45) is 0 Å². The van der Waals surface area contributed by atoms with Gasteiger partial charge in [-0.05, 0) is 36.6 Å². The molecule has 2 N–H and O–H groups in total. The molecule has 1 aromatic rings. The minimum absolute atomic E-state index is 0.0161. The van der Waals surface area contributed by atoms with E-state index in [0.29, 0.717) is 25.0 Å². The summed E-state index contributed by atoms with van der Waals surface area (Å²) in [4.78, 5) is 11.7. The van der Waals surface area contributed by atoms with Crippen LogP contribution in [-0.2, 0) is 11.2 Å². The SMILES string of the molecule is CCCC[C@@H](O)C=CC(=O)CCc1ccc(O)c(OC)c1. The molecule has 21 heavy (non-hydrogen) atoms. The van der Waals surface area contributed by atoms with Crippen LogP contribution < -0.4 is 4.74 Å². The highest BCUT2D eigenvalue weighted by Crippen LogP contribution is 2.26. The maximum absolute atomic E-state index is 11.7. The van der Waals surface area contributed by atoms with Gasteiger partial charge in [0.25, 0.3) is 0 Å². The number of phenolic OH excluding ortho intramolecular Hbond substituents is 1. The van der Waals surface area contributed by atoms with Crippen molar-refractivity contribution in [2.75, 3.05) is 7.11 Å². The average Bonchev–Trinajstić information content (AvgIpc) is 2.49. The summed E-state index contributed by atoms with van der Waals surface area (Å²) in [5.41, 5.74) is 0.929. The number of benzene rings is 1. The van der Waals surface area contributed by atoms with Crippen LogP contribution in [0.25, 0.3) is 0 Å². The molecule has 1 atom stereocenters. The summed E-state index contributed by atoms with van der Waals surface area (Å²) in [6.07, 6.45) is 6.09. The van der Waals surface area contributed by atoms with Crippen LogP contribution in [0.3, 0.4) is 0 Å². The quantitative estimate of drug-likeness (QED) is 0.687. The van der Waals surface area contributed by atoms with Crippen LogP contribution in [0.15, 0.2) is 30.4 Å². The number of unbranched alkanes of at least 4 members (excludes halogenated alkanes) is 1. The largest absolute Gasteiger partial charge is 0.504 e. The second kappa shape index (κ2) is 9.19. The average molecular weight is 292 g/mol. The number of aliphatic hydroxyl groups excluding tert-OH is 1. The number of allylic oxidation sites excluding steroid dienone is 1. The Labute approximate surface area is 126 Å². The number of hydrogen-bond donors (Lipinski definition) is 2. The lowest BCUT2D eigenvalue weighted by Gasteiger charge is -2.06. The summed E-state index contributed by atoms with van der Waals surface area (Å²) in [6, 6.07) is 5.05. The van der Waals surface area contributed by atoms with Gasteiger partial charge < -0.3 is 14.9 Å². The van der Waals surface area contributed by atoms with E-state index in [1.54, 1.807) is 24.3 Å². The number of hydrogen-bond acceptors (Lipinski definition) is 4. The summed E-state index contributed by atoms with van der Waals surface area (Å²) in [7, 11) is 1.49. The summed E-state index contributed by atoms with van der Waals surface area (Å²) < 4.78 is 5.03. The van der Waals surface area contributed by atoms with Gasteiger partial charge in [-0.15, -0.1) is 0 Å². The van der Waals surface area contributed by atoms with E-state index in [2.05, 4.69) is 6.92 Å². The van der Waals surface area contributed by atoms with E-state index in [0.717, 1.165) is 18.4 Å². The van der Waals surface area contributed by atoms with E-state index in [4.69, 9.17) is 4.74 Å². The van der Waals surface area contributed by atoms with Gasteiger partial charge >= 0.3 is 0 Å². The maximum Gasteiger partial charge on any atom is 0.160 e. The molecule has 0 fully saturated rings. The first kappa shape index (κ1) is 17.2. The normalized spacial score (nSPS) is 12.5. The van der Waals surface area contributed by atoms with Crippen molar-refractivity contribution >= 4 is 5.78 Å². The van der Waals surface area contributed by atoms with Crippen LogP contribution >= 0.6 is 0 Å². The summed E-state index contributed by atoms with van der Waals surface area (Å²) in [6.45, 7) is 2.06. The Bertz CT molecular complexity index is 480. The molecule has 0 aromatic heterocycles. The smallest absolute Gasteiger partial charge is 0.160 e. The molecule has 0 unspecified atom stereocenters. The number of ketones is 1. The number of aromatic hydroxyl groups is 1. The van der Waals surface area contributed by atoms with Gasteiger partial charge in [-0.25, -0.2) is 0 Å². The molecular weight excluding hydrogens is 268 g/mol. The highest BCUT2D eigenvalue weighted by Gasteiger charge is 2.05. The molecule has 0 saturated heterocycles. The molecule has 0 bridgehead atoms. The van der Waals surface area contributed by atoms with Crippen molar-refractivity contribution in [3.05, 3.63) is 35.9 Å². The molecule has 116 valence electrons. The van der Waals surface area contributed by atoms with Crippen LogP contribution in [-0.4, -0.2) is 29.2 Å². The predicted octanol–water partition coefficient (Wildman–Crippen LogP) is 3.01. The molecule has 0 aliphatic carbocycles. The van der Waals surface area contributed by atoms with Gasteiger partial charge in [0.05, 0.1) is 13.2 Å². The number of phenols is 1. The number of ether oxygens (including phenoxy) is 1. The van der Waals surface area contributed by atoms with Crippen LogP contribution in [0, 0.1) is 0 Å². The van der Waals surface area contributed by atoms with Gasteiger partial charge in [0, 0.05) is 6.42 Å². The Hall–Kier alpha value is -1.81. The lowest BCUT2D eigenvalue weighted by Crippen LogP contribution is -2.03. The maximum atomic E-state index is 11.7. The van der Waals surface area contributed by atoms with Gasteiger partial charge in [0.15, 0.2) is 17.3 Å². The Morgan fingerprint density at radius 1 is 1.43 bits per heavy atom. The first-order valence-corrected chi connectivity index (χ1v) is 7.31. The zero-order valence-electron chi connectivity index (χ0n) is 12.7. The fourth-order valence-corrected chi connectivity index (χ4v) is 1.96. The monoisotopic (exact) mass is 292 g/mol. The minimum atomic E-state index is -0.539. The van der Waals surface area contributed by atoms with E-state index < -0.39 is 6.10 Å². The number of methoxy groups -OCH3 is 1. The van der Waals surface area contributed by atoms with Crippen molar-refractivity contribution < 1.29 is 19.7 Å². The van der Waals surface area contributed by atoms with Gasteiger partial charge in [0.2, 0.25) is 0 Å². The van der Waals surface area contributed by atoms with E-state index in [1.807, 2.05) is 0 Å². The molecule has 0 saturated carbocycles. The molecule has 1 rings (SSSR count). The second-order valence-electron chi connectivity index (χ2n) is 5.04. The molecule has 0 heterocycles. The molecule has 0 aliphatic heterocycles. The predicted molar refractivity (Wildman–Crippen MR) is 82.7 cm³/mol. The molecule has 0 radical (unpaired) electrons. The van der Waals surface area contributed by atoms with E-state index >= 15 is 0 Å². The minimum Gasteiger partial charge on any atom is -0.504 e. The lowest BCUT2D eigenvalue weighted by atomic mass is 10.1. The first-order chi connectivity index (χ1) is 10.1. The Morgan fingerprint density at radius 3 is 2.86 bits per heavy atom. The Kier molecular flexibility index (Phi) is 7.54. The van der Waals surface area contributed by atoms with Gasteiger partial charge in [-0.3, -0.25) is 4.79 Å². The summed E-state index contributed by atoms with van der Waals surface area (Å²) in [5, 5.41) is 19.1. The zero-order chi connectivity index (χ0) is 15.7. The van der Waals surface area contributed by atoms with E-state index in [1.165, 1.54) is 13.2 Å². The fraction of sp³-hybridized carbons (Fsp3) is 0.471. The molecule has 0 spiro atoms.